The summed E-state index contributed by atoms with van der Waals surface area (Å²) < 4.78 is 0. The zero-order valence-electron chi connectivity index (χ0n) is 10.3. The van der Waals surface area contributed by atoms with Crippen LogP contribution in [0.4, 0.5) is 4.79 Å². The summed E-state index contributed by atoms with van der Waals surface area (Å²) in [6, 6.07) is 6.13. The standard InChI is InChI=1S/C13H19NO2/c1-9-6-5-7-10(2)11(9)8-13(3,4)14-12(15)16/h5-7,14H,8H2,1-4H3,(H,15,16). The molecule has 1 amide bonds. The Hall–Kier alpha value is -1.51. The minimum Gasteiger partial charge on any atom is -0.465 e. The molecule has 3 heteroatoms. The van der Waals surface area contributed by atoms with E-state index < -0.39 is 11.6 Å². The van der Waals surface area contributed by atoms with E-state index in [4.69, 9.17) is 5.11 Å². The normalized spacial score (nSPS) is 11.2. The van der Waals surface area contributed by atoms with E-state index in [1.165, 1.54) is 16.7 Å². The highest BCUT2D eigenvalue weighted by molar-refractivity contribution is 5.65. The van der Waals surface area contributed by atoms with Crippen molar-refractivity contribution in [1.82, 2.24) is 5.32 Å². The van der Waals surface area contributed by atoms with Gasteiger partial charge in [0.2, 0.25) is 0 Å². The van der Waals surface area contributed by atoms with Crippen molar-refractivity contribution in [3.63, 3.8) is 0 Å². The first-order valence-corrected chi connectivity index (χ1v) is 5.38. The Balaban J connectivity index is 2.91. The second-order valence-electron chi connectivity index (χ2n) is 4.86. The van der Waals surface area contributed by atoms with Crippen molar-refractivity contribution >= 4 is 6.09 Å². The summed E-state index contributed by atoms with van der Waals surface area (Å²) in [6.07, 6.45) is -0.270. The molecule has 0 aliphatic rings. The summed E-state index contributed by atoms with van der Waals surface area (Å²) >= 11 is 0. The predicted octanol–water partition coefficient (Wildman–Crippen LogP) is 2.89. The summed E-state index contributed by atoms with van der Waals surface area (Å²) in [7, 11) is 0. The summed E-state index contributed by atoms with van der Waals surface area (Å²) in [5, 5.41) is 11.3. The molecule has 0 fully saturated rings. The average Bonchev–Trinajstić information content (AvgIpc) is 2.09. The van der Waals surface area contributed by atoms with Crippen molar-refractivity contribution in [3.8, 4) is 0 Å². The van der Waals surface area contributed by atoms with Crippen molar-refractivity contribution in [1.29, 1.82) is 0 Å². The molecule has 0 saturated carbocycles. The van der Waals surface area contributed by atoms with Crippen LogP contribution in [0.5, 0.6) is 0 Å². The fraction of sp³-hybridized carbons (Fsp3) is 0.462. The summed E-state index contributed by atoms with van der Waals surface area (Å²) in [5.74, 6) is 0. The molecule has 0 unspecified atom stereocenters. The fourth-order valence-electron chi connectivity index (χ4n) is 1.90. The van der Waals surface area contributed by atoms with Gasteiger partial charge in [0, 0.05) is 5.54 Å². The zero-order valence-corrected chi connectivity index (χ0v) is 10.3. The molecule has 0 aliphatic carbocycles. The molecule has 0 bridgehead atoms. The Labute approximate surface area is 96.5 Å². The van der Waals surface area contributed by atoms with Crippen LogP contribution < -0.4 is 5.32 Å². The lowest BCUT2D eigenvalue weighted by molar-refractivity contribution is 0.182. The first kappa shape index (κ1) is 12.6. The van der Waals surface area contributed by atoms with Crippen molar-refractivity contribution < 1.29 is 9.90 Å². The third-order valence-electron chi connectivity index (χ3n) is 2.71. The molecule has 1 aromatic carbocycles. The molecule has 3 nitrogen and oxygen atoms in total. The molecule has 2 N–H and O–H groups in total. The molecule has 0 radical (unpaired) electrons. The minimum absolute atomic E-state index is 0.442. The van der Waals surface area contributed by atoms with Crippen LogP contribution >= 0.6 is 0 Å². The van der Waals surface area contributed by atoms with Gasteiger partial charge in [0.25, 0.3) is 0 Å². The van der Waals surface area contributed by atoms with E-state index in [2.05, 4.69) is 31.3 Å². The van der Waals surface area contributed by atoms with Gasteiger partial charge in [-0.3, -0.25) is 0 Å². The topological polar surface area (TPSA) is 49.3 Å². The lowest BCUT2D eigenvalue weighted by Gasteiger charge is -2.26. The number of benzene rings is 1. The SMILES string of the molecule is Cc1cccc(C)c1CC(C)(C)NC(=O)O. The number of hydrogen-bond donors (Lipinski definition) is 2. The number of carbonyl (C=O) groups is 1. The Morgan fingerprint density at radius 2 is 1.81 bits per heavy atom. The Bertz CT molecular complexity index is 377. The Morgan fingerprint density at radius 3 is 2.25 bits per heavy atom. The smallest absolute Gasteiger partial charge is 0.405 e. The molecule has 0 aromatic heterocycles. The monoisotopic (exact) mass is 221 g/mol. The first-order chi connectivity index (χ1) is 7.32. The average molecular weight is 221 g/mol. The third kappa shape index (κ3) is 3.26. The number of nitrogens with one attached hydrogen (secondary N) is 1. The molecule has 16 heavy (non-hydrogen) atoms. The van der Waals surface area contributed by atoms with Crippen LogP contribution in [-0.4, -0.2) is 16.7 Å². The fourth-order valence-corrected chi connectivity index (χ4v) is 1.90. The van der Waals surface area contributed by atoms with Crippen LogP contribution in [0.1, 0.15) is 30.5 Å². The van der Waals surface area contributed by atoms with Crippen LogP contribution in [0.3, 0.4) is 0 Å². The molecule has 0 atom stereocenters. The molecule has 0 aliphatic heterocycles. The third-order valence-corrected chi connectivity index (χ3v) is 2.71. The summed E-state index contributed by atoms with van der Waals surface area (Å²) in [4.78, 5) is 10.7. The van der Waals surface area contributed by atoms with Gasteiger partial charge >= 0.3 is 6.09 Å². The maximum atomic E-state index is 10.7. The lowest BCUT2D eigenvalue weighted by Crippen LogP contribution is -2.44. The van der Waals surface area contributed by atoms with Gasteiger partial charge in [-0.1, -0.05) is 18.2 Å². The van der Waals surface area contributed by atoms with E-state index in [0.717, 1.165) is 0 Å². The van der Waals surface area contributed by atoms with Crippen LogP contribution in [0.25, 0.3) is 0 Å². The molecule has 0 spiro atoms. The minimum atomic E-state index is -0.976. The number of carboxylic acid groups (broad SMARTS) is 1. The Morgan fingerprint density at radius 1 is 1.31 bits per heavy atom. The molecular formula is C13H19NO2. The maximum Gasteiger partial charge on any atom is 0.405 e. The van der Waals surface area contributed by atoms with Gasteiger partial charge in [0.15, 0.2) is 0 Å². The van der Waals surface area contributed by atoms with Crippen LogP contribution in [0, 0.1) is 13.8 Å². The van der Waals surface area contributed by atoms with Gasteiger partial charge in [-0.05, 0) is 50.8 Å². The summed E-state index contributed by atoms with van der Waals surface area (Å²) in [5.41, 5.74) is 3.20. The van der Waals surface area contributed by atoms with Gasteiger partial charge in [-0.2, -0.15) is 0 Å². The van der Waals surface area contributed by atoms with Gasteiger partial charge in [-0.15, -0.1) is 0 Å². The number of amides is 1. The number of hydrogen-bond acceptors (Lipinski definition) is 1. The highest BCUT2D eigenvalue weighted by atomic mass is 16.4. The van der Waals surface area contributed by atoms with Crippen LogP contribution in [-0.2, 0) is 6.42 Å². The maximum absolute atomic E-state index is 10.7. The molecule has 0 heterocycles. The largest absolute Gasteiger partial charge is 0.465 e. The molecule has 88 valence electrons. The second-order valence-corrected chi connectivity index (χ2v) is 4.86. The van der Waals surface area contributed by atoms with Crippen LogP contribution in [0.2, 0.25) is 0 Å². The van der Waals surface area contributed by atoms with Crippen LogP contribution in [0.15, 0.2) is 18.2 Å². The molecule has 1 aromatic rings. The lowest BCUT2D eigenvalue weighted by atomic mass is 9.90. The van der Waals surface area contributed by atoms with E-state index in [1.807, 2.05) is 19.9 Å². The van der Waals surface area contributed by atoms with E-state index in [1.54, 1.807) is 0 Å². The van der Waals surface area contributed by atoms with Crippen molar-refractivity contribution in [2.45, 2.75) is 39.7 Å². The van der Waals surface area contributed by atoms with E-state index in [-0.39, 0.29) is 0 Å². The summed E-state index contributed by atoms with van der Waals surface area (Å²) in [6.45, 7) is 7.90. The Kier molecular flexibility index (Phi) is 3.58. The molecule has 0 saturated heterocycles. The number of aryl methyl sites for hydroxylation is 2. The number of rotatable bonds is 3. The highest BCUT2D eigenvalue weighted by Gasteiger charge is 2.22. The molecule has 1 rings (SSSR count). The van der Waals surface area contributed by atoms with Crippen molar-refractivity contribution in [2.75, 3.05) is 0 Å². The van der Waals surface area contributed by atoms with Gasteiger partial charge in [0.1, 0.15) is 0 Å². The van der Waals surface area contributed by atoms with Crippen molar-refractivity contribution in [3.05, 3.63) is 34.9 Å². The second kappa shape index (κ2) is 4.56. The van der Waals surface area contributed by atoms with Gasteiger partial charge in [-0.25, -0.2) is 4.79 Å². The van der Waals surface area contributed by atoms with E-state index in [9.17, 15) is 4.79 Å². The van der Waals surface area contributed by atoms with Gasteiger partial charge < -0.3 is 10.4 Å². The quantitative estimate of drug-likeness (QED) is 0.824. The van der Waals surface area contributed by atoms with E-state index >= 15 is 0 Å². The van der Waals surface area contributed by atoms with E-state index in [0.29, 0.717) is 6.42 Å². The molecular weight excluding hydrogens is 202 g/mol. The van der Waals surface area contributed by atoms with Gasteiger partial charge in [0.05, 0.1) is 0 Å². The zero-order chi connectivity index (χ0) is 12.3. The highest BCUT2D eigenvalue weighted by Crippen LogP contribution is 2.19. The van der Waals surface area contributed by atoms with Crippen molar-refractivity contribution in [2.24, 2.45) is 0 Å². The predicted molar refractivity (Wildman–Crippen MR) is 64.9 cm³/mol. The first-order valence-electron chi connectivity index (χ1n) is 5.38.